The molecule has 0 N–H and O–H groups in total. The lowest BCUT2D eigenvalue weighted by atomic mass is 9.72. The summed E-state index contributed by atoms with van der Waals surface area (Å²) in [5, 5.41) is 0. The minimum Gasteiger partial charge on any atom is -0.381 e. The largest absolute Gasteiger partial charge is 0.381 e. The summed E-state index contributed by atoms with van der Waals surface area (Å²) in [7, 11) is 0. The Bertz CT molecular complexity index is 206. The second-order valence-electron chi connectivity index (χ2n) is 4.52. The van der Waals surface area contributed by atoms with Gasteiger partial charge in [0.05, 0.1) is 32.5 Å². The molecule has 1 spiro atoms. The van der Waals surface area contributed by atoms with Crippen LogP contribution in [0.25, 0.3) is 0 Å². The normalized spacial score (nSPS) is 44.1. The summed E-state index contributed by atoms with van der Waals surface area (Å²) < 4.78 is 21.7. The fraction of sp³-hybridized carbons (Fsp3) is 1.00. The maximum Gasteiger partial charge on any atom is 0.146 e. The lowest BCUT2D eigenvalue weighted by molar-refractivity contribution is -0.248. The van der Waals surface area contributed by atoms with Crippen molar-refractivity contribution in [3.8, 4) is 0 Å². The number of ether oxygens (including phenoxy) is 4. The molecule has 3 rings (SSSR count). The number of hydrogen-bond donors (Lipinski definition) is 0. The molecule has 3 saturated heterocycles. The van der Waals surface area contributed by atoms with E-state index < -0.39 is 0 Å². The summed E-state index contributed by atoms with van der Waals surface area (Å²) in [6, 6.07) is 0. The summed E-state index contributed by atoms with van der Waals surface area (Å²) in [5.74, 6) is 0.402. The maximum absolute atomic E-state index is 5.67. The second-order valence-corrected chi connectivity index (χ2v) is 4.52. The molecule has 3 fully saturated rings. The molecular formula is C10H16O4. The molecule has 4 heteroatoms. The molecule has 0 aromatic heterocycles. The molecular weight excluding hydrogens is 184 g/mol. The summed E-state index contributed by atoms with van der Waals surface area (Å²) >= 11 is 0. The molecule has 2 unspecified atom stereocenters. The van der Waals surface area contributed by atoms with E-state index in [0.717, 1.165) is 39.5 Å². The predicted octanol–water partition coefficient (Wildman–Crippen LogP) is 0.412. The lowest BCUT2D eigenvalue weighted by Gasteiger charge is -2.50. The van der Waals surface area contributed by atoms with Crippen molar-refractivity contribution in [1.82, 2.24) is 0 Å². The summed E-state index contributed by atoms with van der Waals surface area (Å²) in [5.41, 5.74) is 0.286. The van der Waals surface area contributed by atoms with Crippen molar-refractivity contribution in [2.45, 2.75) is 12.5 Å². The molecule has 0 radical (unpaired) electrons. The van der Waals surface area contributed by atoms with Crippen LogP contribution in [0.5, 0.6) is 0 Å². The van der Waals surface area contributed by atoms with Gasteiger partial charge >= 0.3 is 0 Å². The van der Waals surface area contributed by atoms with Crippen molar-refractivity contribution in [2.24, 2.45) is 11.3 Å². The molecule has 0 amide bonds. The molecule has 3 heterocycles. The molecule has 3 aliphatic rings. The van der Waals surface area contributed by atoms with Gasteiger partial charge in [-0.05, 0) is 6.42 Å². The zero-order chi connectivity index (χ0) is 9.43. The predicted molar refractivity (Wildman–Crippen MR) is 47.9 cm³/mol. The molecule has 0 aliphatic carbocycles. The first-order valence-electron chi connectivity index (χ1n) is 5.26. The molecule has 0 aromatic carbocycles. The van der Waals surface area contributed by atoms with Crippen molar-refractivity contribution in [2.75, 3.05) is 39.8 Å². The van der Waals surface area contributed by atoms with Gasteiger partial charge in [0.25, 0.3) is 0 Å². The zero-order valence-electron chi connectivity index (χ0n) is 8.24. The Balaban J connectivity index is 1.66. The van der Waals surface area contributed by atoms with Gasteiger partial charge in [0.2, 0.25) is 0 Å². The minimum atomic E-state index is 0.286. The van der Waals surface area contributed by atoms with Crippen LogP contribution in [-0.2, 0) is 18.9 Å². The van der Waals surface area contributed by atoms with E-state index in [9.17, 15) is 0 Å². The Labute approximate surface area is 83.5 Å². The first-order chi connectivity index (χ1) is 6.91. The van der Waals surface area contributed by atoms with E-state index in [1.54, 1.807) is 0 Å². The van der Waals surface area contributed by atoms with Crippen LogP contribution < -0.4 is 0 Å². The quantitative estimate of drug-likeness (QED) is 0.614. The molecule has 14 heavy (non-hydrogen) atoms. The highest BCUT2D eigenvalue weighted by molar-refractivity contribution is 5.00. The van der Waals surface area contributed by atoms with Gasteiger partial charge in [0, 0.05) is 17.9 Å². The van der Waals surface area contributed by atoms with Crippen molar-refractivity contribution < 1.29 is 18.9 Å². The van der Waals surface area contributed by atoms with Crippen molar-refractivity contribution in [3.63, 3.8) is 0 Å². The van der Waals surface area contributed by atoms with Crippen molar-refractivity contribution in [3.05, 3.63) is 0 Å². The van der Waals surface area contributed by atoms with Gasteiger partial charge < -0.3 is 18.9 Å². The summed E-state index contributed by atoms with van der Waals surface area (Å²) in [6.45, 7) is 4.57. The Morgan fingerprint density at radius 3 is 2.43 bits per heavy atom. The SMILES string of the molecule is C1CC2(CO1)COC2C1COCOC1. The monoisotopic (exact) mass is 200 g/mol. The van der Waals surface area contributed by atoms with Gasteiger partial charge in [-0.15, -0.1) is 0 Å². The van der Waals surface area contributed by atoms with Crippen LogP contribution in [0, 0.1) is 11.3 Å². The Morgan fingerprint density at radius 1 is 1.00 bits per heavy atom. The highest BCUT2D eigenvalue weighted by atomic mass is 16.7. The Morgan fingerprint density at radius 2 is 1.86 bits per heavy atom. The smallest absolute Gasteiger partial charge is 0.146 e. The molecule has 0 bridgehead atoms. The summed E-state index contributed by atoms with van der Waals surface area (Å²) in [6.07, 6.45) is 1.43. The van der Waals surface area contributed by atoms with Gasteiger partial charge in [-0.25, -0.2) is 0 Å². The molecule has 4 nitrogen and oxygen atoms in total. The van der Waals surface area contributed by atoms with Crippen LogP contribution in [0.15, 0.2) is 0 Å². The molecule has 80 valence electrons. The minimum absolute atomic E-state index is 0.286. The average Bonchev–Trinajstić information content (AvgIpc) is 2.68. The van der Waals surface area contributed by atoms with E-state index in [1.165, 1.54) is 0 Å². The van der Waals surface area contributed by atoms with E-state index in [1.807, 2.05) is 0 Å². The Kier molecular flexibility index (Phi) is 2.24. The van der Waals surface area contributed by atoms with E-state index in [-0.39, 0.29) is 5.41 Å². The highest BCUT2D eigenvalue weighted by Crippen LogP contribution is 2.46. The van der Waals surface area contributed by atoms with Crippen LogP contribution >= 0.6 is 0 Å². The van der Waals surface area contributed by atoms with Crippen molar-refractivity contribution in [1.29, 1.82) is 0 Å². The fourth-order valence-corrected chi connectivity index (χ4v) is 2.69. The third-order valence-electron chi connectivity index (χ3n) is 3.55. The third kappa shape index (κ3) is 1.29. The first kappa shape index (κ1) is 9.09. The van der Waals surface area contributed by atoms with Crippen LogP contribution in [0.3, 0.4) is 0 Å². The molecule has 0 saturated carbocycles. The van der Waals surface area contributed by atoms with Gasteiger partial charge in [-0.3, -0.25) is 0 Å². The Hall–Kier alpha value is -0.160. The standard InChI is InChI=1S/C10H16O4/c1-2-11-5-10(1)6-14-9(10)8-3-12-7-13-4-8/h8-9H,1-7H2. The van der Waals surface area contributed by atoms with Gasteiger partial charge in [0.1, 0.15) is 6.79 Å². The van der Waals surface area contributed by atoms with Gasteiger partial charge in [-0.2, -0.15) is 0 Å². The zero-order valence-corrected chi connectivity index (χ0v) is 8.24. The van der Waals surface area contributed by atoms with Gasteiger partial charge in [-0.1, -0.05) is 0 Å². The lowest BCUT2D eigenvalue weighted by Crippen LogP contribution is -2.58. The van der Waals surface area contributed by atoms with E-state index >= 15 is 0 Å². The number of rotatable bonds is 1. The number of hydrogen-bond acceptors (Lipinski definition) is 4. The van der Waals surface area contributed by atoms with E-state index in [2.05, 4.69) is 0 Å². The van der Waals surface area contributed by atoms with E-state index in [0.29, 0.717) is 18.8 Å². The average molecular weight is 200 g/mol. The highest BCUT2D eigenvalue weighted by Gasteiger charge is 2.54. The molecule has 2 atom stereocenters. The van der Waals surface area contributed by atoms with Crippen LogP contribution in [-0.4, -0.2) is 45.9 Å². The summed E-state index contributed by atoms with van der Waals surface area (Å²) in [4.78, 5) is 0. The first-order valence-corrected chi connectivity index (χ1v) is 5.26. The maximum atomic E-state index is 5.67. The van der Waals surface area contributed by atoms with Crippen molar-refractivity contribution >= 4 is 0 Å². The van der Waals surface area contributed by atoms with E-state index in [4.69, 9.17) is 18.9 Å². The topological polar surface area (TPSA) is 36.9 Å². The second kappa shape index (κ2) is 3.45. The van der Waals surface area contributed by atoms with Gasteiger partial charge in [0.15, 0.2) is 0 Å². The van der Waals surface area contributed by atoms with Crippen LogP contribution in [0.2, 0.25) is 0 Å². The molecule has 3 aliphatic heterocycles. The molecule has 0 aromatic rings. The van der Waals surface area contributed by atoms with Crippen LogP contribution in [0.4, 0.5) is 0 Å². The third-order valence-corrected chi connectivity index (χ3v) is 3.55. The van der Waals surface area contributed by atoms with Crippen LogP contribution in [0.1, 0.15) is 6.42 Å². The fourth-order valence-electron chi connectivity index (χ4n) is 2.69.